The minimum Gasteiger partial charge on any atom is -0.376 e. The van der Waals surface area contributed by atoms with Gasteiger partial charge in [-0.1, -0.05) is 11.6 Å². The molecule has 3 heterocycles. The second-order valence-corrected chi connectivity index (χ2v) is 7.47. The van der Waals surface area contributed by atoms with Gasteiger partial charge in [0.15, 0.2) is 6.35 Å². The van der Waals surface area contributed by atoms with Crippen molar-refractivity contribution in [1.29, 1.82) is 0 Å². The number of rotatable bonds is 3. The van der Waals surface area contributed by atoms with Gasteiger partial charge in [-0.2, -0.15) is 0 Å². The minimum atomic E-state index is -0.862. The summed E-state index contributed by atoms with van der Waals surface area (Å²) in [5.74, 6) is 0.187. The van der Waals surface area contributed by atoms with Crippen LogP contribution < -0.4 is 4.90 Å². The molecule has 0 bridgehead atoms. The van der Waals surface area contributed by atoms with Gasteiger partial charge in [-0.25, -0.2) is 14.4 Å². The molecule has 3 rings (SSSR count). The number of anilines is 1. The summed E-state index contributed by atoms with van der Waals surface area (Å²) in [7, 11) is 0. The first-order valence-corrected chi connectivity index (χ1v) is 9.87. The molecule has 2 aliphatic heterocycles. The quantitative estimate of drug-likeness (QED) is 0.815. The van der Waals surface area contributed by atoms with E-state index in [1.807, 2.05) is 23.6 Å². The molecule has 3 atom stereocenters. The number of hydrogen-bond donors (Lipinski definition) is 1. The molecule has 3 unspecified atom stereocenters. The Morgan fingerprint density at radius 2 is 1.89 bits per heavy atom. The molecule has 1 N–H and O–H groups in total. The molecular formula is C19H27ClFN5O2. The van der Waals surface area contributed by atoms with E-state index in [1.54, 1.807) is 18.5 Å². The number of piperazine rings is 1. The molecule has 28 heavy (non-hydrogen) atoms. The SMILES string of the molecule is CC1/C=C(F)\C(Cl)=C/COCC(C)N1C(O)N1CCN(c2ncccn2)CC1. The number of halogens is 2. The summed E-state index contributed by atoms with van der Waals surface area (Å²) in [5, 5.41) is 11.1. The van der Waals surface area contributed by atoms with Crippen LogP contribution in [-0.4, -0.2) is 82.7 Å². The fraction of sp³-hybridized carbons (Fsp3) is 0.579. The lowest BCUT2D eigenvalue weighted by atomic mass is 10.1. The van der Waals surface area contributed by atoms with E-state index in [0.717, 1.165) is 0 Å². The molecule has 0 aromatic carbocycles. The first-order chi connectivity index (χ1) is 13.5. The zero-order valence-electron chi connectivity index (χ0n) is 16.2. The predicted octanol–water partition coefficient (Wildman–Crippen LogP) is 1.96. The molecule has 7 nitrogen and oxygen atoms in total. The van der Waals surface area contributed by atoms with Gasteiger partial charge in [0.1, 0.15) is 5.83 Å². The highest BCUT2D eigenvalue weighted by atomic mass is 35.5. The standard InChI is InChI=1S/C19H27ClFN5O2/c1-14-12-17(21)16(20)4-11-28-13-15(2)26(14)19(27)25-9-7-24(8-10-25)18-22-5-3-6-23-18/h3-6,12,14-15,19,27H,7-11,13H2,1-2H3/b16-4+,17-12+. The van der Waals surface area contributed by atoms with Crippen LogP contribution in [0.3, 0.4) is 0 Å². The number of aliphatic hydroxyl groups excluding tert-OH is 1. The van der Waals surface area contributed by atoms with Gasteiger partial charge in [-0.05, 0) is 32.1 Å². The lowest BCUT2D eigenvalue weighted by Gasteiger charge is -2.45. The van der Waals surface area contributed by atoms with Gasteiger partial charge in [-0.15, -0.1) is 0 Å². The van der Waals surface area contributed by atoms with Crippen molar-refractivity contribution in [3.63, 3.8) is 0 Å². The van der Waals surface area contributed by atoms with Gasteiger partial charge in [0, 0.05) is 50.7 Å². The van der Waals surface area contributed by atoms with Crippen molar-refractivity contribution < 1.29 is 14.2 Å². The van der Waals surface area contributed by atoms with Crippen molar-refractivity contribution in [2.24, 2.45) is 0 Å². The normalized spacial score (nSPS) is 30.8. The Balaban J connectivity index is 1.69. The average molecular weight is 412 g/mol. The van der Waals surface area contributed by atoms with E-state index in [0.29, 0.717) is 38.7 Å². The van der Waals surface area contributed by atoms with Crippen LogP contribution in [-0.2, 0) is 4.74 Å². The van der Waals surface area contributed by atoms with Crippen molar-refractivity contribution in [2.75, 3.05) is 44.3 Å². The van der Waals surface area contributed by atoms with E-state index in [2.05, 4.69) is 14.9 Å². The summed E-state index contributed by atoms with van der Waals surface area (Å²) in [5.41, 5.74) is 0. The van der Waals surface area contributed by atoms with Crippen LogP contribution in [0.15, 0.2) is 41.5 Å². The Morgan fingerprint density at radius 1 is 1.21 bits per heavy atom. The van der Waals surface area contributed by atoms with Crippen molar-refractivity contribution in [3.05, 3.63) is 41.5 Å². The van der Waals surface area contributed by atoms with Crippen LogP contribution in [0.2, 0.25) is 0 Å². The molecule has 2 aliphatic rings. The summed E-state index contributed by atoms with van der Waals surface area (Å²) in [4.78, 5) is 14.5. The zero-order chi connectivity index (χ0) is 20.1. The number of ether oxygens (including phenoxy) is 1. The van der Waals surface area contributed by atoms with E-state index in [9.17, 15) is 9.50 Å². The smallest absolute Gasteiger partial charge is 0.225 e. The summed E-state index contributed by atoms with van der Waals surface area (Å²) in [6.07, 6.45) is 5.54. The van der Waals surface area contributed by atoms with Crippen LogP contribution in [0.5, 0.6) is 0 Å². The molecule has 0 radical (unpaired) electrons. The Labute approximate surface area is 170 Å². The monoisotopic (exact) mass is 411 g/mol. The van der Waals surface area contributed by atoms with Gasteiger partial charge in [0.25, 0.3) is 0 Å². The predicted molar refractivity (Wildman–Crippen MR) is 107 cm³/mol. The molecule has 0 spiro atoms. The lowest BCUT2D eigenvalue weighted by Crippen LogP contribution is -2.60. The largest absolute Gasteiger partial charge is 0.376 e. The summed E-state index contributed by atoms with van der Waals surface area (Å²) in [6, 6.07) is 1.33. The first kappa shape index (κ1) is 21.1. The topological polar surface area (TPSA) is 65.0 Å². The highest BCUT2D eigenvalue weighted by Crippen LogP contribution is 2.23. The number of allylic oxidation sites excluding steroid dienone is 2. The number of aromatic nitrogens is 2. The van der Waals surface area contributed by atoms with Gasteiger partial charge in [0.2, 0.25) is 5.95 Å². The van der Waals surface area contributed by atoms with Crippen LogP contribution in [0.4, 0.5) is 10.3 Å². The first-order valence-electron chi connectivity index (χ1n) is 9.50. The number of hydrogen-bond acceptors (Lipinski definition) is 7. The molecule has 0 saturated carbocycles. The van der Waals surface area contributed by atoms with E-state index in [4.69, 9.17) is 16.3 Å². The van der Waals surface area contributed by atoms with Crippen LogP contribution >= 0.6 is 11.6 Å². The van der Waals surface area contributed by atoms with Gasteiger partial charge in [-0.3, -0.25) is 9.80 Å². The van der Waals surface area contributed by atoms with Crippen molar-refractivity contribution in [1.82, 2.24) is 19.8 Å². The molecule has 1 fully saturated rings. The fourth-order valence-corrected chi connectivity index (χ4v) is 3.69. The number of nitrogens with zero attached hydrogens (tertiary/aromatic N) is 5. The van der Waals surface area contributed by atoms with Gasteiger partial charge in [0.05, 0.1) is 18.2 Å². The third-order valence-electron chi connectivity index (χ3n) is 5.08. The maximum absolute atomic E-state index is 14.3. The minimum absolute atomic E-state index is 0.0346. The summed E-state index contributed by atoms with van der Waals surface area (Å²) in [6.45, 7) is 7.14. The highest BCUT2D eigenvalue weighted by Gasteiger charge is 2.33. The molecular weight excluding hydrogens is 385 g/mol. The fourth-order valence-electron chi connectivity index (χ4n) is 3.57. The maximum Gasteiger partial charge on any atom is 0.225 e. The lowest BCUT2D eigenvalue weighted by molar-refractivity contribution is -0.145. The molecule has 9 heteroatoms. The maximum atomic E-state index is 14.3. The molecule has 0 amide bonds. The zero-order valence-corrected chi connectivity index (χ0v) is 17.0. The van der Waals surface area contributed by atoms with Gasteiger partial charge >= 0.3 is 0 Å². The van der Waals surface area contributed by atoms with E-state index < -0.39 is 12.2 Å². The summed E-state index contributed by atoms with van der Waals surface area (Å²) < 4.78 is 19.9. The Kier molecular flexibility index (Phi) is 7.36. The molecule has 1 aromatic rings. The van der Waals surface area contributed by atoms with Crippen LogP contribution in [0.25, 0.3) is 0 Å². The van der Waals surface area contributed by atoms with E-state index >= 15 is 0 Å². The second-order valence-electron chi connectivity index (χ2n) is 7.06. The highest BCUT2D eigenvalue weighted by molar-refractivity contribution is 6.31. The number of aliphatic hydroxyl groups is 1. The van der Waals surface area contributed by atoms with E-state index in [-0.39, 0.29) is 23.7 Å². The Bertz CT molecular complexity index is 697. The third kappa shape index (κ3) is 5.07. The van der Waals surface area contributed by atoms with Crippen molar-refractivity contribution in [3.8, 4) is 0 Å². The second kappa shape index (κ2) is 9.76. The van der Waals surface area contributed by atoms with Crippen molar-refractivity contribution >= 4 is 17.5 Å². The van der Waals surface area contributed by atoms with Crippen molar-refractivity contribution in [2.45, 2.75) is 32.3 Å². The average Bonchev–Trinajstić information content (AvgIpc) is 2.71. The molecule has 1 aromatic heterocycles. The molecule has 1 saturated heterocycles. The van der Waals surface area contributed by atoms with Gasteiger partial charge < -0.3 is 14.7 Å². The summed E-state index contributed by atoms with van der Waals surface area (Å²) >= 11 is 5.95. The Hall–Kier alpha value is -1.58. The van der Waals surface area contributed by atoms with Crippen LogP contribution in [0, 0.1) is 0 Å². The van der Waals surface area contributed by atoms with Crippen LogP contribution in [0.1, 0.15) is 13.8 Å². The Morgan fingerprint density at radius 3 is 2.57 bits per heavy atom. The van der Waals surface area contributed by atoms with E-state index in [1.165, 1.54) is 12.2 Å². The molecule has 154 valence electrons. The third-order valence-corrected chi connectivity index (χ3v) is 5.41. The molecule has 0 aliphatic carbocycles.